The van der Waals surface area contributed by atoms with E-state index in [9.17, 15) is 0 Å². The van der Waals surface area contributed by atoms with E-state index >= 15 is 0 Å². The fourth-order valence-corrected chi connectivity index (χ4v) is 2.54. The zero-order chi connectivity index (χ0) is 12.3. The highest BCUT2D eigenvalue weighted by Gasteiger charge is 2.26. The summed E-state index contributed by atoms with van der Waals surface area (Å²) < 4.78 is 0. The first kappa shape index (κ1) is 12.3. The molecule has 0 radical (unpaired) electrons. The fourth-order valence-electron chi connectivity index (χ4n) is 2.54. The third kappa shape index (κ3) is 2.75. The molecule has 0 bridgehead atoms. The maximum atomic E-state index is 4.45. The number of hydrogen-bond donors (Lipinski definition) is 0. The molecule has 4 nitrogen and oxygen atoms in total. The van der Waals surface area contributed by atoms with E-state index in [-0.39, 0.29) is 0 Å². The van der Waals surface area contributed by atoms with Crippen LogP contribution in [0.2, 0.25) is 0 Å². The van der Waals surface area contributed by atoms with Crippen molar-refractivity contribution in [2.24, 2.45) is 0 Å². The standard InChI is InChI=1S/C13H22N4/c1-4-16(5-2)12-6-7-17(10-12)13-9-14-11(3)8-15-13/h8-9,12H,4-7,10H2,1-3H3. The maximum absolute atomic E-state index is 4.45. The lowest BCUT2D eigenvalue weighted by atomic mass is 10.2. The summed E-state index contributed by atoms with van der Waals surface area (Å²) in [5.74, 6) is 1.02. The first-order valence-electron chi connectivity index (χ1n) is 6.52. The van der Waals surface area contributed by atoms with Gasteiger partial charge in [-0.25, -0.2) is 4.98 Å². The molecule has 0 amide bonds. The molecule has 1 aliphatic rings. The first-order valence-corrected chi connectivity index (χ1v) is 6.52. The molecule has 94 valence electrons. The van der Waals surface area contributed by atoms with Crippen LogP contribution in [0.4, 0.5) is 5.82 Å². The molecule has 2 rings (SSSR count). The van der Waals surface area contributed by atoms with Gasteiger partial charge in [0.1, 0.15) is 5.82 Å². The van der Waals surface area contributed by atoms with E-state index in [0.717, 1.165) is 37.7 Å². The number of anilines is 1. The Morgan fingerprint density at radius 3 is 2.65 bits per heavy atom. The Morgan fingerprint density at radius 2 is 2.06 bits per heavy atom. The number of nitrogens with zero attached hydrogens (tertiary/aromatic N) is 4. The Labute approximate surface area is 104 Å². The molecule has 0 saturated carbocycles. The van der Waals surface area contributed by atoms with Gasteiger partial charge in [0.25, 0.3) is 0 Å². The minimum Gasteiger partial charge on any atom is -0.354 e. The molecule has 1 aliphatic heterocycles. The van der Waals surface area contributed by atoms with Crippen LogP contribution in [0, 0.1) is 6.92 Å². The van der Waals surface area contributed by atoms with Crippen molar-refractivity contribution in [3.8, 4) is 0 Å². The predicted molar refractivity (Wildman–Crippen MR) is 70.3 cm³/mol. The molecule has 1 aromatic rings. The minimum absolute atomic E-state index is 0.674. The molecule has 0 aliphatic carbocycles. The summed E-state index contributed by atoms with van der Waals surface area (Å²) in [7, 11) is 0. The van der Waals surface area contributed by atoms with Crippen molar-refractivity contribution in [1.82, 2.24) is 14.9 Å². The summed E-state index contributed by atoms with van der Waals surface area (Å²) in [6.45, 7) is 10.9. The SMILES string of the molecule is CCN(CC)C1CCN(c2cnc(C)cn2)C1. The Hall–Kier alpha value is -1.16. The van der Waals surface area contributed by atoms with E-state index in [1.165, 1.54) is 6.42 Å². The number of likely N-dealkylation sites (N-methyl/N-ethyl adjacent to an activating group) is 1. The van der Waals surface area contributed by atoms with Gasteiger partial charge in [-0.1, -0.05) is 13.8 Å². The van der Waals surface area contributed by atoms with E-state index in [1.807, 2.05) is 19.3 Å². The molecule has 0 N–H and O–H groups in total. The topological polar surface area (TPSA) is 32.3 Å². The summed E-state index contributed by atoms with van der Waals surface area (Å²) in [5, 5.41) is 0. The van der Waals surface area contributed by atoms with Crippen LogP contribution in [0.3, 0.4) is 0 Å². The van der Waals surface area contributed by atoms with Crippen molar-refractivity contribution in [1.29, 1.82) is 0 Å². The Morgan fingerprint density at radius 1 is 1.29 bits per heavy atom. The third-order valence-corrected chi connectivity index (χ3v) is 3.58. The van der Waals surface area contributed by atoms with Crippen molar-refractivity contribution < 1.29 is 0 Å². The van der Waals surface area contributed by atoms with Crippen LogP contribution in [-0.2, 0) is 0 Å². The summed E-state index contributed by atoms with van der Waals surface area (Å²) in [6.07, 6.45) is 4.97. The molecule has 4 heteroatoms. The monoisotopic (exact) mass is 234 g/mol. The fraction of sp³-hybridized carbons (Fsp3) is 0.692. The molecule has 1 atom stereocenters. The predicted octanol–water partition coefficient (Wildman–Crippen LogP) is 1.71. The molecular weight excluding hydrogens is 212 g/mol. The van der Waals surface area contributed by atoms with Crippen LogP contribution < -0.4 is 4.90 Å². The van der Waals surface area contributed by atoms with Crippen LogP contribution in [0.5, 0.6) is 0 Å². The molecule has 2 heterocycles. The van der Waals surface area contributed by atoms with Gasteiger partial charge in [-0.05, 0) is 26.4 Å². The van der Waals surface area contributed by atoms with Gasteiger partial charge >= 0.3 is 0 Å². The Balaban J connectivity index is 2.00. The molecule has 17 heavy (non-hydrogen) atoms. The van der Waals surface area contributed by atoms with Crippen LogP contribution in [0.25, 0.3) is 0 Å². The third-order valence-electron chi connectivity index (χ3n) is 3.58. The van der Waals surface area contributed by atoms with E-state index in [2.05, 4.69) is 33.6 Å². The highest BCUT2D eigenvalue weighted by Crippen LogP contribution is 2.20. The van der Waals surface area contributed by atoms with Crippen molar-refractivity contribution in [2.45, 2.75) is 33.2 Å². The average Bonchev–Trinajstić information content (AvgIpc) is 2.81. The summed E-state index contributed by atoms with van der Waals surface area (Å²) in [5.41, 5.74) is 0.980. The van der Waals surface area contributed by atoms with Gasteiger partial charge in [0.05, 0.1) is 18.1 Å². The van der Waals surface area contributed by atoms with Gasteiger partial charge in [-0.2, -0.15) is 0 Å². The van der Waals surface area contributed by atoms with Crippen molar-refractivity contribution >= 4 is 5.82 Å². The van der Waals surface area contributed by atoms with E-state index in [1.54, 1.807) is 0 Å². The second-order valence-electron chi connectivity index (χ2n) is 4.63. The van der Waals surface area contributed by atoms with E-state index in [0.29, 0.717) is 6.04 Å². The minimum atomic E-state index is 0.674. The molecule has 0 aromatic carbocycles. The van der Waals surface area contributed by atoms with Crippen molar-refractivity contribution in [3.63, 3.8) is 0 Å². The van der Waals surface area contributed by atoms with Gasteiger partial charge < -0.3 is 4.90 Å². The highest BCUT2D eigenvalue weighted by molar-refractivity contribution is 5.37. The van der Waals surface area contributed by atoms with Gasteiger partial charge in [-0.3, -0.25) is 9.88 Å². The van der Waals surface area contributed by atoms with Crippen LogP contribution in [0.1, 0.15) is 26.0 Å². The zero-order valence-electron chi connectivity index (χ0n) is 11.1. The van der Waals surface area contributed by atoms with Crippen LogP contribution in [0.15, 0.2) is 12.4 Å². The van der Waals surface area contributed by atoms with Gasteiger partial charge in [0.2, 0.25) is 0 Å². The van der Waals surface area contributed by atoms with E-state index in [4.69, 9.17) is 0 Å². The van der Waals surface area contributed by atoms with E-state index < -0.39 is 0 Å². The summed E-state index contributed by atoms with van der Waals surface area (Å²) in [6, 6.07) is 0.674. The highest BCUT2D eigenvalue weighted by atomic mass is 15.3. The van der Waals surface area contributed by atoms with Gasteiger partial charge in [0, 0.05) is 19.1 Å². The smallest absolute Gasteiger partial charge is 0.147 e. The normalized spacial score (nSPS) is 20.2. The molecular formula is C13H22N4. The average molecular weight is 234 g/mol. The lowest BCUT2D eigenvalue weighted by Gasteiger charge is -2.26. The number of aryl methyl sites for hydroxylation is 1. The lowest BCUT2D eigenvalue weighted by molar-refractivity contribution is 0.232. The zero-order valence-corrected chi connectivity index (χ0v) is 11.1. The number of hydrogen-bond acceptors (Lipinski definition) is 4. The maximum Gasteiger partial charge on any atom is 0.147 e. The van der Waals surface area contributed by atoms with Crippen molar-refractivity contribution in [2.75, 3.05) is 31.1 Å². The number of rotatable bonds is 4. The quantitative estimate of drug-likeness (QED) is 0.794. The van der Waals surface area contributed by atoms with Gasteiger partial charge in [0.15, 0.2) is 0 Å². The summed E-state index contributed by atoms with van der Waals surface area (Å²) >= 11 is 0. The van der Waals surface area contributed by atoms with Crippen LogP contribution >= 0.6 is 0 Å². The van der Waals surface area contributed by atoms with Crippen LogP contribution in [-0.4, -0.2) is 47.1 Å². The largest absolute Gasteiger partial charge is 0.354 e. The first-order chi connectivity index (χ1) is 8.24. The second kappa shape index (κ2) is 5.45. The molecule has 1 saturated heterocycles. The van der Waals surface area contributed by atoms with Gasteiger partial charge in [-0.15, -0.1) is 0 Å². The molecule has 1 aromatic heterocycles. The summed E-state index contributed by atoms with van der Waals surface area (Å²) in [4.78, 5) is 13.6. The second-order valence-corrected chi connectivity index (χ2v) is 4.63. The molecule has 1 unspecified atom stereocenters. The lowest BCUT2D eigenvalue weighted by Crippen LogP contribution is -2.37. The molecule has 0 spiro atoms. The number of aromatic nitrogens is 2. The van der Waals surface area contributed by atoms with Crippen molar-refractivity contribution in [3.05, 3.63) is 18.1 Å². The Bertz CT molecular complexity index is 345. The Kier molecular flexibility index (Phi) is 3.94. The molecule has 1 fully saturated rings.